The van der Waals surface area contributed by atoms with Gasteiger partial charge >= 0.3 is 11.9 Å². The van der Waals surface area contributed by atoms with Crippen LogP contribution in [0.3, 0.4) is 0 Å². The summed E-state index contributed by atoms with van der Waals surface area (Å²) < 4.78 is 0. The largest absolute Gasteiger partial charge is 0.478 e. The van der Waals surface area contributed by atoms with Crippen LogP contribution in [-0.4, -0.2) is 34.0 Å². The molecule has 0 aromatic heterocycles. The number of hydrogen-bond acceptors (Lipinski definition) is 4. The molecular weight excluding hydrogens is 206 g/mol. The van der Waals surface area contributed by atoms with Gasteiger partial charge in [0, 0.05) is 24.3 Å². The minimum Gasteiger partial charge on any atom is -0.478 e. The Hall–Kier alpha value is -2.44. The van der Waals surface area contributed by atoms with E-state index in [1.807, 2.05) is 0 Å². The maximum Gasteiger partial charge on any atom is 0.328 e. The van der Waals surface area contributed by atoms with Gasteiger partial charge in [0.05, 0.1) is 0 Å². The molecule has 0 heterocycles. The van der Waals surface area contributed by atoms with Crippen LogP contribution in [0.15, 0.2) is 24.3 Å². The predicted molar refractivity (Wildman–Crippen MR) is 46.7 cm³/mol. The van der Waals surface area contributed by atoms with E-state index in [0.717, 1.165) is 0 Å². The number of carbonyl (C=O) groups excluding carboxylic acids is 2. The van der Waals surface area contributed by atoms with Crippen molar-refractivity contribution in [3.63, 3.8) is 0 Å². The van der Waals surface area contributed by atoms with E-state index in [9.17, 15) is 19.2 Å². The lowest BCUT2D eigenvalue weighted by molar-refractivity contribution is -0.132. The average molecular weight is 213 g/mol. The highest BCUT2D eigenvalue weighted by molar-refractivity contribution is 6.07. The van der Waals surface area contributed by atoms with Crippen LogP contribution < -0.4 is 5.32 Å². The number of imide groups is 1. The number of amides is 2. The molecule has 7 nitrogen and oxygen atoms in total. The van der Waals surface area contributed by atoms with Crippen molar-refractivity contribution < 1.29 is 29.4 Å². The summed E-state index contributed by atoms with van der Waals surface area (Å²) in [4.78, 5) is 41.4. The highest BCUT2D eigenvalue weighted by atomic mass is 16.4. The van der Waals surface area contributed by atoms with Crippen molar-refractivity contribution in [3.8, 4) is 0 Å². The third kappa shape index (κ3) is 7.91. The van der Waals surface area contributed by atoms with Crippen molar-refractivity contribution in [1.29, 1.82) is 0 Å². The van der Waals surface area contributed by atoms with E-state index in [0.29, 0.717) is 24.3 Å². The molecule has 80 valence electrons. The van der Waals surface area contributed by atoms with Gasteiger partial charge in [0.2, 0.25) is 0 Å². The third-order valence-electron chi connectivity index (χ3n) is 1.00. The van der Waals surface area contributed by atoms with E-state index in [4.69, 9.17) is 10.2 Å². The molecule has 0 spiro atoms. The Labute approximate surface area is 83.7 Å². The average Bonchev–Trinajstić information content (AvgIpc) is 2.11. The van der Waals surface area contributed by atoms with E-state index in [1.165, 1.54) is 0 Å². The smallest absolute Gasteiger partial charge is 0.328 e. The van der Waals surface area contributed by atoms with Gasteiger partial charge in [-0.2, -0.15) is 0 Å². The Morgan fingerprint density at radius 2 is 1.07 bits per heavy atom. The molecule has 0 aliphatic carbocycles. The molecule has 15 heavy (non-hydrogen) atoms. The van der Waals surface area contributed by atoms with Crippen molar-refractivity contribution in [3.05, 3.63) is 24.3 Å². The first-order valence-corrected chi connectivity index (χ1v) is 3.59. The summed E-state index contributed by atoms with van der Waals surface area (Å²) >= 11 is 0. The van der Waals surface area contributed by atoms with Gasteiger partial charge < -0.3 is 10.2 Å². The molecule has 7 heteroatoms. The molecule has 0 rings (SSSR count). The summed E-state index contributed by atoms with van der Waals surface area (Å²) in [6.45, 7) is 0. The minimum atomic E-state index is -1.33. The van der Waals surface area contributed by atoms with Crippen molar-refractivity contribution >= 4 is 23.8 Å². The highest BCUT2D eigenvalue weighted by Gasteiger charge is 2.01. The summed E-state index contributed by atoms with van der Waals surface area (Å²) in [5.41, 5.74) is 0. The Bertz CT molecular complexity index is 320. The summed E-state index contributed by atoms with van der Waals surface area (Å²) in [7, 11) is 0. The topological polar surface area (TPSA) is 121 Å². The number of rotatable bonds is 4. The van der Waals surface area contributed by atoms with E-state index in [-0.39, 0.29) is 0 Å². The van der Waals surface area contributed by atoms with E-state index in [2.05, 4.69) is 0 Å². The molecule has 2 amide bonds. The summed E-state index contributed by atoms with van der Waals surface area (Å²) in [6.07, 6.45) is 2.36. The van der Waals surface area contributed by atoms with Gasteiger partial charge in [-0.3, -0.25) is 14.9 Å². The van der Waals surface area contributed by atoms with Crippen molar-refractivity contribution in [2.75, 3.05) is 0 Å². The number of nitrogens with one attached hydrogen (secondary N) is 1. The Balaban J connectivity index is 4.14. The van der Waals surface area contributed by atoms with Gasteiger partial charge in [-0.15, -0.1) is 0 Å². The van der Waals surface area contributed by atoms with Crippen LogP contribution in [-0.2, 0) is 19.2 Å². The number of hydrogen-bond donors (Lipinski definition) is 3. The summed E-state index contributed by atoms with van der Waals surface area (Å²) in [6, 6.07) is 0. The Morgan fingerprint density at radius 3 is 1.33 bits per heavy atom. The Morgan fingerprint density at radius 1 is 0.733 bits per heavy atom. The second kappa shape index (κ2) is 6.08. The first kappa shape index (κ1) is 12.6. The maximum absolute atomic E-state index is 10.7. The zero-order valence-electron chi connectivity index (χ0n) is 7.34. The normalized spacial score (nSPS) is 10.4. The zero-order chi connectivity index (χ0) is 11.8. The fraction of sp³-hybridized carbons (Fsp3) is 0. The molecular formula is C8H7NO6. The van der Waals surface area contributed by atoms with Crippen LogP contribution >= 0.6 is 0 Å². The molecule has 0 aliphatic heterocycles. The zero-order valence-corrected chi connectivity index (χ0v) is 7.34. The van der Waals surface area contributed by atoms with Gasteiger partial charge in [-0.05, 0) is 0 Å². The standard InChI is InChI=1S/C8H7NO6/c10-5(1-3-7(12)13)9-6(11)2-4-8(14)15/h1-4H,(H,12,13)(H,14,15)(H,9,10,11)/b3-1-,4-2-. The fourth-order valence-electron chi connectivity index (χ4n) is 0.499. The van der Waals surface area contributed by atoms with Crippen molar-refractivity contribution in [2.24, 2.45) is 0 Å². The first-order valence-electron chi connectivity index (χ1n) is 3.59. The number of aliphatic carboxylic acids is 2. The predicted octanol–water partition coefficient (Wildman–Crippen LogP) is -1.09. The lowest BCUT2D eigenvalue weighted by Gasteiger charge is -1.93. The van der Waals surface area contributed by atoms with Gasteiger partial charge in [0.25, 0.3) is 11.8 Å². The Kier molecular flexibility index (Phi) is 5.09. The number of carboxylic acids is 2. The van der Waals surface area contributed by atoms with Gasteiger partial charge in [0.15, 0.2) is 0 Å². The second-order valence-corrected chi connectivity index (χ2v) is 2.20. The lowest BCUT2D eigenvalue weighted by atomic mass is 10.4. The highest BCUT2D eigenvalue weighted by Crippen LogP contribution is 1.78. The fourth-order valence-corrected chi connectivity index (χ4v) is 0.499. The van der Waals surface area contributed by atoms with Gasteiger partial charge in [0.1, 0.15) is 0 Å². The van der Waals surface area contributed by atoms with E-state index in [1.54, 1.807) is 5.32 Å². The van der Waals surface area contributed by atoms with Crippen LogP contribution in [0.5, 0.6) is 0 Å². The molecule has 0 radical (unpaired) electrons. The van der Waals surface area contributed by atoms with Gasteiger partial charge in [-0.25, -0.2) is 9.59 Å². The van der Waals surface area contributed by atoms with Crippen LogP contribution in [0.4, 0.5) is 0 Å². The number of carbonyl (C=O) groups is 4. The van der Waals surface area contributed by atoms with E-state index < -0.39 is 23.8 Å². The molecule has 0 aromatic carbocycles. The maximum atomic E-state index is 10.7. The SMILES string of the molecule is O=C(O)/C=C\C(=O)NC(=O)/C=C\C(=O)O. The number of carboxylic acid groups (broad SMARTS) is 2. The quantitative estimate of drug-likeness (QED) is 0.510. The molecule has 0 unspecified atom stereocenters. The van der Waals surface area contributed by atoms with Crippen molar-refractivity contribution in [1.82, 2.24) is 5.32 Å². The van der Waals surface area contributed by atoms with Crippen LogP contribution in [0.25, 0.3) is 0 Å². The minimum absolute atomic E-state index is 0.545. The molecule has 0 saturated carbocycles. The molecule has 0 atom stereocenters. The molecule has 0 fully saturated rings. The lowest BCUT2D eigenvalue weighted by Crippen LogP contribution is -2.27. The first-order chi connectivity index (χ1) is 6.91. The van der Waals surface area contributed by atoms with Crippen LogP contribution in [0, 0.1) is 0 Å². The molecule has 0 aliphatic rings. The molecule has 0 saturated heterocycles. The van der Waals surface area contributed by atoms with Gasteiger partial charge in [-0.1, -0.05) is 0 Å². The monoisotopic (exact) mass is 213 g/mol. The molecule has 0 aromatic rings. The molecule has 3 N–H and O–H groups in total. The summed E-state index contributed by atoms with van der Waals surface area (Å²) in [5, 5.41) is 18.0. The van der Waals surface area contributed by atoms with Crippen LogP contribution in [0.1, 0.15) is 0 Å². The van der Waals surface area contributed by atoms with E-state index >= 15 is 0 Å². The summed E-state index contributed by atoms with van der Waals surface area (Å²) in [5.74, 6) is -4.56. The third-order valence-corrected chi connectivity index (χ3v) is 1.00. The second-order valence-electron chi connectivity index (χ2n) is 2.20. The molecule has 0 bridgehead atoms. The van der Waals surface area contributed by atoms with Crippen LogP contribution in [0.2, 0.25) is 0 Å². The van der Waals surface area contributed by atoms with Crippen molar-refractivity contribution in [2.45, 2.75) is 0 Å².